The number of rotatable bonds is 1. The molecule has 1 N–H and O–H groups in total. The minimum atomic E-state index is -0.0994. The third-order valence-corrected chi connectivity index (χ3v) is 6.56. The van der Waals surface area contributed by atoms with Crippen LogP contribution in [0.15, 0.2) is 24.3 Å². The minimum absolute atomic E-state index is 0.0994. The molecule has 5 atom stereocenters. The lowest BCUT2D eigenvalue weighted by molar-refractivity contribution is -0.132. The van der Waals surface area contributed by atoms with Gasteiger partial charge < -0.3 is 4.90 Å². The van der Waals surface area contributed by atoms with Crippen molar-refractivity contribution in [3.05, 3.63) is 35.4 Å². The third-order valence-electron chi connectivity index (χ3n) is 6.56. The van der Waals surface area contributed by atoms with Crippen molar-refractivity contribution in [2.24, 2.45) is 23.7 Å². The molecule has 0 spiro atoms. The second-order valence-corrected chi connectivity index (χ2v) is 7.42. The van der Waals surface area contributed by atoms with Gasteiger partial charge in [0.05, 0.1) is 0 Å². The summed E-state index contributed by atoms with van der Waals surface area (Å²) in [4.78, 5) is 15.1. The maximum absolute atomic E-state index is 12.9. The molecule has 2 bridgehead atoms. The molecule has 0 aromatic heterocycles. The molecule has 21 heavy (non-hydrogen) atoms. The largest absolute Gasteiger partial charge is 0.340 e. The molecule has 2 heterocycles. The molecule has 2 saturated carbocycles. The van der Waals surface area contributed by atoms with E-state index < -0.39 is 0 Å². The monoisotopic (exact) mass is 282 g/mol. The fourth-order valence-electron chi connectivity index (χ4n) is 5.56. The number of hydrogen-bond donors (Lipinski definition) is 1. The number of carbonyl (C=O) groups is 1. The van der Waals surface area contributed by atoms with Crippen LogP contribution in [0.5, 0.6) is 0 Å². The van der Waals surface area contributed by atoms with Crippen LogP contribution in [0.1, 0.15) is 36.4 Å². The zero-order chi connectivity index (χ0) is 14.0. The van der Waals surface area contributed by atoms with Gasteiger partial charge in [0, 0.05) is 19.6 Å². The van der Waals surface area contributed by atoms with Crippen LogP contribution in [-0.2, 0) is 11.3 Å². The van der Waals surface area contributed by atoms with Crippen LogP contribution in [0, 0.1) is 23.7 Å². The lowest BCUT2D eigenvalue weighted by Gasteiger charge is -2.23. The Bertz CT molecular complexity index is 581. The molecule has 3 nitrogen and oxygen atoms in total. The molecule has 3 fully saturated rings. The summed E-state index contributed by atoms with van der Waals surface area (Å²) in [7, 11) is 0. The molecular formula is C18H22N2O. The van der Waals surface area contributed by atoms with E-state index in [4.69, 9.17) is 0 Å². The van der Waals surface area contributed by atoms with Crippen LogP contribution in [0.3, 0.4) is 0 Å². The number of carbonyl (C=O) groups excluding carboxylic acids is 1. The van der Waals surface area contributed by atoms with Crippen molar-refractivity contribution >= 4 is 5.91 Å². The van der Waals surface area contributed by atoms with Crippen LogP contribution in [0.25, 0.3) is 0 Å². The SMILES string of the molecule is O=C(C1NCc2ccccc21)N1C[C@@H]2[C@@H]3CC[C@@H](C3)[C@@H]2C1. The van der Waals surface area contributed by atoms with Gasteiger partial charge >= 0.3 is 0 Å². The molecule has 1 aromatic rings. The van der Waals surface area contributed by atoms with Gasteiger partial charge in [0.25, 0.3) is 0 Å². The first-order chi connectivity index (χ1) is 10.3. The number of nitrogens with one attached hydrogen (secondary N) is 1. The highest BCUT2D eigenvalue weighted by Gasteiger charge is 2.52. The minimum Gasteiger partial charge on any atom is -0.340 e. The van der Waals surface area contributed by atoms with Gasteiger partial charge in [-0.25, -0.2) is 0 Å². The predicted molar refractivity (Wildman–Crippen MR) is 80.4 cm³/mol. The van der Waals surface area contributed by atoms with Gasteiger partial charge in [0.15, 0.2) is 0 Å². The van der Waals surface area contributed by atoms with E-state index in [1.54, 1.807) is 0 Å². The van der Waals surface area contributed by atoms with Crippen LogP contribution < -0.4 is 5.32 Å². The Hall–Kier alpha value is -1.35. The van der Waals surface area contributed by atoms with Gasteiger partial charge in [-0.3, -0.25) is 10.1 Å². The Kier molecular flexibility index (Phi) is 2.52. The maximum Gasteiger partial charge on any atom is 0.244 e. The van der Waals surface area contributed by atoms with Crippen LogP contribution in [-0.4, -0.2) is 23.9 Å². The zero-order valence-corrected chi connectivity index (χ0v) is 12.3. The summed E-state index contributed by atoms with van der Waals surface area (Å²) in [5.41, 5.74) is 2.48. The smallest absolute Gasteiger partial charge is 0.244 e. The highest BCUT2D eigenvalue weighted by molar-refractivity contribution is 5.84. The molecule has 2 aliphatic carbocycles. The summed E-state index contributed by atoms with van der Waals surface area (Å²) >= 11 is 0. The van der Waals surface area contributed by atoms with Crippen molar-refractivity contribution in [3.63, 3.8) is 0 Å². The second kappa shape index (κ2) is 4.33. The Morgan fingerprint density at radius 1 is 1.10 bits per heavy atom. The summed E-state index contributed by atoms with van der Waals surface area (Å²) < 4.78 is 0. The van der Waals surface area contributed by atoms with Crippen molar-refractivity contribution in [1.29, 1.82) is 0 Å². The quantitative estimate of drug-likeness (QED) is 0.857. The van der Waals surface area contributed by atoms with Crippen molar-refractivity contribution in [2.75, 3.05) is 13.1 Å². The number of likely N-dealkylation sites (tertiary alicyclic amines) is 1. The zero-order valence-electron chi connectivity index (χ0n) is 12.3. The first-order valence-corrected chi connectivity index (χ1v) is 8.41. The summed E-state index contributed by atoms with van der Waals surface area (Å²) in [6, 6.07) is 8.25. The molecule has 110 valence electrons. The van der Waals surface area contributed by atoms with Crippen molar-refractivity contribution in [2.45, 2.75) is 31.8 Å². The lowest BCUT2D eigenvalue weighted by atomic mass is 9.82. The van der Waals surface area contributed by atoms with E-state index in [1.165, 1.54) is 30.4 Å². The van der Waals surface area contributed by atoms with E-state index >= 15 is 0 Å². The molecule has 4 aliphatic rings. The number of nitrogens with zero attached hydrogens (tertiary/aromatic N) is 1. The van der Waals surface area contributed by atoms with E-state index in [9.17, 15) is 4.79 Å². The van der Waals surface area contributed by atoms with Gasteiger partial charge in [-0.15, -0.1) is 0 Å². The lowest BCUT2D eigenvalue weighted by Crippen LogP contribution is -2.38. The summed E-state index contributed by atoms with van der Waals surface area (Å²) in [5.74, 6) is 3.77. The molecule has 5 rings (SSSR count). The Morgan fingerprint density at radius 3 is 2.57 bits per heavy atom. The first kappa shape index (κ1) is 12.2. The fourth-order valence-corrected chi connectivity index (χ4v) is 5.56. The van der Waals surface area contributed by atoms with E-state index in [-0.39, 0.29) is 6.04 Å². The van der Waals surface area contributed by atoms with Gasteiger partial charge in [-0.1, -0.05) is 24.3 Å². The van der Waals surface area contributed by atoms with Crippen molar-refractivity contribution < 1.29 is 4.79 Å². The van der Waals surface area contributed by atoms with Gasteiger partial charge in [0.1, 0.15) is 6.04 Å². The van der Waals surface area contributed by atoms with Crippen molar-refractivity contribution in [3.8, 4) is 0 Å². The van der Waals surface area contributed by atoms with E-state index in [1.807, 2.05) is 6.07 Å². The van der Waals surface area contributed by atoms with Crippen LogP contribution in [0.4, 0.5) is 0 Å². The van der Waals surface area contributed by atoms with Gasteiger partial charge in [0.2, 0.25) is 5.91 Å². The first-order valence-electron chi connectivity index (χ1n) is 8.41. The summed E-state index contributed by atoms with van der Waals surface area (Å²) in [6.45, 7) is 2.87. The maximum atomic E-state index is 12.9. The predicted octanol–water partition coefficient (Wildman–Crippen LogP) is 2.34. The number of benzene rings is 1. The summed E-state index contributed by atoms with van der Waals surface area (Å²) in [5, 5.41) is 3.41. The number of fused-ring (bicyclic) bond motifs is 6. The molecule has 0 radical (unpaired) electrons. The van der Waals surface area contributed by atoms with Gasteiger partial charge in [-0.2, -0.15) is 0 Å². The topological polar surface area (TPSA) is 32.3 Å². The van der Waals surface area contributed by atoms with Crippen LogP contribution in [0.2, 0.25) is 0 Å². The molecule has 3 heteroatoms. The second-order valence-electron chi connectivity index (χ2n) is 7.42. The van der Waals surface area contributed by atoms with Gasteiger partial charge in [-0.05, 0) is 54.1 Å². The molecule has 2 aliphatic heterocycles. The standard InChI is InChI=1S/C18H22N2O/c21-18(17-14-4-2-1-3-13(14)8-19-17)20-9-15-11-5-6-12(7-11)16(15)10-20/h1-4,11-12,15-17,19H,5-10H2/t11-,12+,15-,16+,17?. The average Bonchev–Trinajstić information content (AvgIpc) is 3.25. The number of hydrogen-bond acceptors (Lipinski definition) is 2. The molecule has 1 amide bonds. The molecular weight excluding hydrogens is 260 g/mol. The average molecular weight is 282 g/mol. The summed E-state index contributed by atoms with van der Waals surface area (Å²) in [6.07, 6.45) is 4.28. The normalized spacial score (nSPS) is 39.6. The van der Waals surface area contributed by atoms with E-state index in [2.05, 4.69) is 28.4 Å². The highest BCUT2D eigenvalue weighted by Crippen LogP contribution is 2.55. The third kappa shape index (κ3) is 1.67. The highest BCUT2D eigenvalue weighted by atomic mass is 16.2. The Balaban J connectivity index is 1.37. The molecule has 1 unspecified atom stereocenters. The Morgan fingerprint density at radius 2 is 1.81 bits per heavy atom. The van der Waals surface area contributed by atoms with Crippen LogP contribution >= 0.6 is 0 Å². The van der Waals surface area contributed by atoms with E-state index in [0.29, 0.717) is 5.91 Å². The van der Waals surface area contributed by atoms with E-state index in [0.717, 1.165) is 43.3 Å². The molecule has 1 saturated heterocycles. The van der Waals surface area contributed by atoms with Crippen molar-refractivity contribution in [1.82, 2.24) is 10.2 Å². The fraction of sp³-hybridized carbons (Fsp3) is 0.611. The molecule has 1 aromatic carbocycles. The number of amides is 1. The Labute approximate surface area is 125 Å².